The lowest BCUT2D eigenvalue weighted by Gasteiger charge is -2.44. The number of hydrogen-bond donors (Lipinski definition) is 1. The number of carbonyl (C=O) groups excluding carboxylic acids is 1. The number of nitrogens with one attached hydrogen (secondary N) is 1. The molecule has 6 rings (SSSR count). The van der Waals surface area contributed by atoms with Gasteiger partial charge in [-0.3, -0.25) is 4.90 Å². The van der Waals surface area contributed by atoms with Gasteiger partial charge in [-0.15, -0.1) is 0 Å². The van der Waals surface area contributed by atoms with Crippen LogP contribution in [-0.2, 0) is 15.9 Å². The Morgan fingerprint density at radius 1 is 1.09 bits per heavy atom. The molecule has 1 N–H and O–H groups in total. The Morgan fingerprint density at radius 2 is 1.89 bits per heavy atom. The first-order valence-corrected chi connectivity index (χ1v) is 13.0. The lowest BCUT2D eigenvalue weighted by atomic mass is 9.70. The SMILES string of the molecule is COCCOc1cccc(-c2ccc3c(c2)C(NC(=O)O[C@@H]2CN4CCC2CC4)C(C)(C)CC3)c1. The third kappa shape index (κ3) is 5.34. The van der Waals surface area contributed by atoms with Gasteiger partial charge in [-0.05, 0) is 90.6 Å². The normalized spacial score (nSPS) is 26.6. The lowest BCUT2D eigenvalue weighted by Crippen LogP contribution is -2.53. The number of carbonyl (C=O) groups is 1. The van der Waals surface area contributed by atoms with Gasteiger partial charge in [0.1, 0.15) is 18.5 Å². The molecule has 2 atom stereocenters. The maximum atomic E-state index is 13.1. The molecular weight excluding hydrogens is 440 g/mol. The second-order valence-electron chi connectivity index (χ2n) is 10.9. The minimum atomic E-state index is -0.284. The number of amides is 1. The van der Waals surface area contributed by atoms with E-state index in [0.29, 0.717) is 19.1 Å². The first kappa shape index (κ1) is 24.1. The quantitative estimate of drug-likeness (QED) is 0.554. The van der Waals surface area contributed by atoms with E-state index in [1.54, 1.807) is 7.11 Å². The Hall–Kier alpha value is -2.57. The van der Waals surface area contributed by atoms with Gasteiger partial charge >= 0.3 is 6.09 Å². The second kappa shape index (κ2) is 10.2. The Morgan fingerprint density at radius 3 is 2.63 bits per heavy atom. The number of piperidine rings is 3. The van der Waals surface area contributed by atoms with Crippen molar-refractivity contribution in [1.29, 1.82) is 0 Å². The van der Waals surface area contributed by atoms with E-state index >= 15 is 0 Å². The Kier molecular flexibility index (Phi) is 7.03. The third-order valence-corrected chi connectivity index (χ3v) is 8.12. The summed E-state index contributed by atoms with van der Waals surface area (Å²) in [5.41, 5.74) is 4.64. The van der Waals surface area contributed by atoms with Crippen molar-refractivity contribution in [3.05, 3.63) is 53.6 Å². The van der Waals surface area contributed by atoms with Gasteiger partial charge in [0.2, 0.25) is 0 Å². The van der Waals surface area contributed by atoms with Gasteiger partial charge < -0.3 is 19.5 Å². The molecule has 3 heterocycles. The zero-order chi connectivity index (χ0) is 24.4. The Balaban J connectivity index is 1.35. The molecule has 3 aliphatic heterocycles. The van der Waals surface area contributed by atoms with Crippen molar-refractivity contribution < 1.29 is 19.0 Å². The van der Waals surface area contributed by atoms with Gasteiger partial charge in [0.05, 0.1) is 12.6 Å². The molecule has 2 aromatic carbocycles. The molecule has 0 radical (unpaired) electrons. The van der Waals surface area contributed by atoms with E-state index in [-0.39, 0.29) is 23.7 Å². The molecule has 1 aliphatic carbocycles. The molecule has 3 saturated heterocycles. The molecule has 4 aliphatic rings. The van der Waals surface area contributed by atoms with E-state index in [0.717, 1.165) is 62.2 Å². The standard InChI is InChI=1S/C29H38N2O4/c1-29(2)12-9-20-7-8-23(22-5-4-6-24(17-22)34-16-15-33-3)18-25(20)27(29)30-28(32)35-26-19-31-13-10-21(26)11-14-31/h4-8,17-18,21,26-27H,9-16,19H2,1-3H3,(H,30,32)/t26-,27?/m1/s1. The monoisotopic (exact) mass is 478 g/mol. The van der Waals surface area contributed by atoms with E-state index < -0.39 is 0 Å². The molecule has 0 aromatic heterocycles. The average Bonchev–Trinajstić information content (AvgIpc) is 2.87. The van der Waals surface area contributed by atoms with Crippen molar-refractivity contribution in [1.82, 2.24) is 10.2 Å². The van der Waals surface area contributed by atoms with Crippen LogP contribution in [0.4, 0.5) is 4.79 Å². The molecule has 6 nitrogen and oxygen atoms in total. The summed E-state index contributed by atoms with van der Waals surface area (Å²) >= 11 is 0. The van der Waals surface area contributed by atoms with Crippen LogP contribution in [0.1, 0.15) is 50.3 Å². The van der Waals surface area contributed by atoms with Gasteiger partial charge in [-0.25, -0.2) is 4.79 Å². The number of benzene rings is 2. The van der Waals surface area contributed by atoms with Crippen molar-refractivity contribution in [3.8, 4) is 16.9 Å². The maximum Gasteiger partial charge on any atom is 0.407 e. The Bertz CT molecular complexity index is 1040. The summed E-state index contributed by atoms with van der Waals surface area (Å²) in [4.78, 5) is 15.5. The Labute approximate surface area is 208 Å². The number of aryl methyl sites for hydroxylation is 1. The van der Waals surface area contributed by atoms with Crippen LogP contribution in [0.5, 0.6) is 5.75 Å². The van der Waals surface area contributed by atoms with E-state index in [9.17, 15) is 4.79 Å². The van der Waals surface area contributed by atoms with Gasteiger partial charge in [-0.2, -0.15) is 0 Å². The molecule has 1 amide bonds. The molecule has 0 spiro atoms. The first-order chi connectivity index (χ1) is 16.9. The predicted molar refractivity (Wildman–Crippen MR) is 137 cm³/mol. The average molecular weight is 479 g/mol. The molecule has 3 fully saturated rings. The maximum absolute atomic E-state index is 13.1. The summed E-state index contributed by atoms with van der Waals surface area (Å²) < 4.78 is 16.9. The number of methoxy groups -OCH3 is 1. The molecule has 1 unspecified atom stereocenters. The highest BCUT2D eigenvalue weighted by atomic mass is 16.6. The largest absolute Gasteiger partial charge is 0.491 e. The van der Waals surface area contributed by atoms with E-state index in [1.807, 2.05) is 12.1 Å². The summed E-state index contributed by atoms with van der Waals surface area (Å²) in [6, 6.07) is 14.7. The predicted octanol–water partition coefficient (Wildman–Crippen LogP) is 5.21. The molecule has 2 bridgehead atoms. The van der Waals surface area contributed by atoms with E-state index in [4.69, 9.17) is 14.2 Å². The fourth-order valence-corrected chi connectivity index (χ4v) is 5.91. The van der Waals surface area contributed by atoms with Crippen LogP contribution in [0.2, 0.25) is 0 Å². The van der Waals surface area contributed by atoms with Crippen molar-refractivity contribution in [2.75, 3.05) is 40.0 Å². The van der Waals surface area contributed by atoms with Crippen LogP contribution in [0, 0.1) is 11.3 Å². The number of hydrogen-bond acceptors (Lipinski definition) is 5. The number of alkyl carbamates (subject to hydrolysis) is 1. The molecular formula is C29H38N2O4. The van der Waals surface area contributed by atoms with Crippen LogP contribution >= 0.6 is 0 Å². The van der Waals surface area contributed by atoms with Crippen molar-refractivity contribution in [2.24, 2.45) is 11.3 Å². The highest BCUT2D eigenvalue weighted by molar-refractivity contribution is 5.70. The molecule has 188 valence electrons. The summed E-state index contributed by atoms with van der Waals surface area (Å²) in [6.07, 6.45) is 4.02. The molecule has 2 aromatic rings. The minimum Gasteiger partial charge on any atom is -0.491 e. The fourth-order valence-electron chi connectivity index (χ4n) is 5.91. The topological polar surface area (TPSA) is 60.0 Å². The van der Waals surface area contributed by atoms with Crippen LogP contribution < -0.4 is 10.1 Å². The van der Waals surface area contributed by atoms with Crippen molar-refractivity contribution in [3.63, 3.8) is 0 Å². The zero-order valence-corrected chi connectivity index (χ0v) is 21.2. The van der Waals surface area contributed by atoms with Crippen LogP contribution in [0.15, 0.2) is 42.5 Å². The molecule has 6 heteroatoms. The smallest absolute Gasteiger partial charge is 0.407 e. The number of rotatable bonds is 7. The van der Waals surface area contributed by atoms with Gasteiger partial charge in [0, 0.05) is 13.7 Å². The lowest BCUT2D eigenvalue weighted by molar-refractivity contribution is -0.0353. The van der Waals surface area contributed by atoms with E-state index in [1.165, 1.54) is 11.1 Å². The van der Waals surface area contributed by atoms with Crippen molar-refractivity contribution in [2.45, 2.75) is 51.7 Å². The zero-order valence-electron chi connectivity index (χ0n) is 21.2. The third-order valence-electron chi connectivity index (χ3n) is 8.12. The summed E-state index contributed by atoms with van der Waals surface area (Å²) in [5, 5.41) is 3.28. The summed E-state index contributed by atoms with van der Waals surface area (Å²) in [5.74, 6) is 1.33. The van der Waals surface area contributed by atoms with Crippen LogP contribution in [-0.4, -0.2) is 57.1 Å². The van der Waals surface area contributed by atoms with Gasteiger partial charge in [-0.1, -0.05) is 38.1 Å². The number of fused-ring (bicyclic) bond motifs is 4. The van der Waals surface area contributed by atoms with E-state index in [2.05, 4.69) is 54.4 Å². The fraction of sp³-hybridized carbons (Fsp3) is 0.552. The summed E-state index contributed by atoms with van der Waals surface area (Å²) in [6.45, 7) is 8.70. The number of nitrogens with zero attached hydrogens (tertiary/aromatic N) is 1. The second-order valence-corrected chi connectivity index (χ2v) is 10.9. The summed E-state index contributed by atoms with van der Waals surface area (Å²) in [7, 11) is 1.67. The first-order valence-electron chi connectivity index (χ1n) is 13.0. The minimum absolute atomic E-state index is 0.0101. The van der Waals surface area contributed by atoms with Crippen molar-refractivity contribution >= 4 is 6.09 Å². The van der Waals surface area contributed by atoms with Crippen LogP contribution in [0.25, 0.3) is 11.1 Å². The van der Waals surface area contributed by atoms with Gasteiger partial charge in [0.15, 0.2) is 0 Å². The molecule has 35 heavy (non-hydrogen) atoms. The van der Waals surface area contributed by atoms with Crippen LogP contribution in [0.3, 0.4) is 0 Å². The van der Waals surface area contributed by atoms with Gasteiger partial charge in [0.25, 0.3) is 0 Å². The number of ether oxygens (including phenoxy) is 3. The highest BCUT2D eigenvalue weighted by Gasteiger charge is 2.40. The highest BCUT2D eigenvalue weighted by Crippen LogP contribution is 2.45. The molecule has 0 saturated carbocycles.